The average Bonchev–Trinajstić information content (AvgIpc) is 2.86. The fraction of sp³-hybridized carbons (Fsp3) is 0.120. The number of carboxylic acid groups (broad SMARTS) is 2. The SMILES string of the molecule is C.CC(=O)O.CC(=O)O.Clc1cncnc1.OB(O)c1ccccc1.[Pd].c1ccc(-c2cncnc2)cc1. The minimum atomic E-state index is -1.34. The van der Waals surface area contributed by atoms with Crippen molar-refractivity contribution < 1.29 is 50.3 Å². The molecule has 0 spiro atoms. The van der Waals surface area contributed by atoms with Gasteiger partial charge in [0.2, 0.25) is 0 Å². The Hall–Kier alpha value is -3.52. The maximum absolute atomic E-state index is 9.00. The zero-order valence-corrected chi connectivity index (χ0v) is 22.2. The molecule has 0 fully saturated rings. The minimum absolute atomic E-state index is 0. The zero-order chi connectivity index (χ0) is 27.2. The Morgan fingerprint density at radius 3 is 1.32 bits per heavy atom. The van der Waals surface area contributed by atoms with Crippen molar-refractivity contribution in [3.63, 3.8) is 0 Å². The number of hydrogen-bond donors (Lipinski definition) is 4. The van der Waals surface area contributed by atoms with Crippen LogP contribution in [0.25, 0.3) is 11.1 Å². The molecule has 2 heterocycles. The van der Waals surface area contributed by atoms with Crippen molar-refractivity contribution in [3.8, 4) is 11.1 Å². The van der Waals surface area contributed by atoms with Crippen LogP contribution in [-0.2, 0) is 30.0 Å². The van der Waals surface area contributed by atoms with Gasteiger partial charge in [0.05, 0.1) is 5.02 Å². The van der Waals surface area contributed by atoms with Gasteiger partial charge in [-0.2, -0.15) is 0 Å². The third-order valence-electron chi connectivity index (χ3n) is 3.29. The summed E-state index contributed by atoms with van der Waals surface area (Å²) < 4.78 is 0. The molecule has 0 unspecified atom stereocenters. The molecule has 0 amide bonds. The van der Waals surface area contributed by atoms with Crippen LogP contribution in [0.5, 0.6) is 0 Å². The summed E-state index contributed by atoms with van der Waals surface area (Å²) in [5.74, 6) is -1.67. The van der Waals surface area contributed by atoms with Gasteiger partial charge in [-0.15, -0.1) is 0 Å². The molecule has 4 aromatic rings. The van der Waals surface area contributed by atoms with Gasteiger partial charge in [0.15, 0.2) is 0 Å². The maximum atomic E-state index is 9.00. The van der Waals surface area contributed by atoms with Crippen molar-refractivity contribution in [1.29, 1.82) is 0 Å². The van der Waals surface area contributed by atoms with E-state index in [1.54, 1.807) is 24.3 Å². The van der Waals surface area contributed by atoms with Gasteiger partial charge in [-0.25, -0.2) is 19.9 Å². The van der Waals surface area contributed by atoms with Crippen molar-refractivity contribution in [1.82, 2.24) is 19.9 Å². The first kappa shape index (κ1) is 39.0. The van der Waals surface area contributed by atoms with Gasteiger partial charge in [0.1, 0.15) is 12.7 Å². The molecule has 2 aromatic carbocycles. The number of aromatic nitrogens is 4. The molecule has 0 saturated heterocycles. The number of aliphatic carboxylic acids is 2. The summed E-state index contributed by atoms with van der Waals surface area (Å²) >= 11 is 5.41. The third-order valence-corrected chi connectivity index (χ3v) is 3.49. The van der Waals surface area contributed by atoms with E-state index in [0.717, 1.165) is 25.0 Å². The number of carbonyl (C=O) groups is 2. The number of nitrogens with zero attached hydrogens (tertiary/aromatic N) is 4. The fourth-order valence-electron chi connectivity index (χ4n) is 1.98. The van der Waals surface area contributed by atoms with Gasteiger partial charge in [0.25, 0.3) is 11.9 Å². The summed E-state index contributed by atoms with van der Waals surface area (Å²) in [5, 5.41) is 32.6. The van der Waals surface area contributed by atoms with Gasteiger partial charge >= 0.3 is 7.12 Å². The van der Waals surface area contributed by atoms with E-state index in [2.05, 4.69) is 19.9 Å². The van der Waals surface area contributed by atoms with Crippen LogP contribution < -0.4 is 5.46 Å². The number of halogens is 1. The van der Waals surface area contributed by atoms with E-state index in [9.17, 15) is 0 Å². The van der Waals surface area contributed by atoms with Crippen LogP contribution in [0.15, 0.2) is 98.1 Å². The van der Waals surface area contributed by atoms with Gasteiger partial charge in [-0.1, -0.05) is 79.7 Å². The summed E-state index contributed by atoms with van der Waals surface area (Å²) in [4.78, 5) is 33.2. The third kappa shape index (κ3) is 24.2. The molecular weight excluding hydrogens is 605 g/mol. The molecule has 0 aliphatic carbocycles. The fourth-order valence-corrected chi connectivity index (χ4v) is 2.10. The zero-order valence-electron chi connectivity index (χ0n) is 19.9. The first-order valence-corrected chi connectivity index (χ1v) is 10.5. The van der Waals surface area contributed by atoms with E-state index in [4.69, 9.17) is 41.5 Å². The second-order valence-electron chi connectivity index (χ2n) is 6.37. The van der Waals surface area contributed by atoms with Crippen LogP contribution in [0.1, 0.15) is 21.3 Å². The second-order valence-corrected chi connectivity index (χ2v) is 6.81. The van der Waals surface area contributed by atoms with Crippen molar-refractivity contribution in [2.75, 3.05) is 0 Å². The molecule has 0 bridgehead atoms. The Morgan fingerprint density at radius 1 is 0.684 bits per heavy atom. The van der Waals surface area contributed by atoms with Gasteiger partial charge in [0, 0.05) is 64.6 Å². The van der Waals surface area contributed by atoms with Crippen molar-refractivity contribution in [2.24, 2.45) is 0 Å². The monoisotopic (exact) mass is 634 g/mol. The predicted octanol–water partition coefficient (Wildman–Crippen LogP) is 3.46. The van der Waals surface area contributed by atoms with Crippen LogP contribution in [0, 0.1) is 0 Å². The topological polar surface area (TPSA) is 167 Å². The molecule has 2 aromatic heterocycles. The minimum Gasteiger partial charge on any atom is -0.481 e. The van der Waals surface area contributed by atoms with E-state index < -0.39 is 19.1 Å². The van der Waals surface area contributed by atoms with E-state index in [1.165, 1.54) is 25.0 Å². The van der Waals surface area contributed by atoms with Gasteiger partial charge in [-0.3, -0.25) is 9.59 Å². The molecule has 0 atom stereocenters. The Morgan fingerprint density at radius 2 is 1.03 bits per heavy atom. The molecule has 0 radical (unpaired) electrons. The van der Waals surface area contributed by atoms with Crippen LogP contribution in [0.2, 0.25) is 5.02 Å². The molecule has 0 aliphatic rings. The molecular formula is C25H30BClN4O6Pd. The number of rotatable bonds is 2. The first-order chi connectivity index (χ1) is 17.1. The van der Waals surface area contributed by atoms with Crippen LogP contribution in [0.4, 0.5) is 0 Å². The summed E-state index contributed by atoms with van der Waals surface area (Å²) in [7, 11) is -1.34. The Kier molecular flexibility index (Phi) is 25.8. The van der Waals surface area contributed by atoms with Crippen molar-refractivity contribution >= 4 is 36.1 Å². The van der Waals surface area contributed by atoms with E-state index in [1.807, 2.05) is 48.8 Å². The molecule has 4 N–H and O–H groups in total. The Bertz CT molecular complexity index is 1050. The van der Waals surface area contributed by atoms with Gasteiger partial charge in [-0.05, 0) is 11.0 Å². The van der Waals surface area contributed by atoms with Crippen molar-refractivity contribution in [2.45, 2.75) is 21.3 Å². The number of benzene rings is 2. The molecule has 206 valence electrons. The molecule has 38 heavy (non-hydrogen) atoms. The summed E-state index contributed by atoms with van der Waals surface area (Å²) in [6.45, 7) is 2.17. The number of carboxylic acids is 2. The smallest absolute Gasteiger partial charge is 0.481 e. The first-order valence-electron chi connectivity index (χ1n) is 10.1. The van der Waals surface area contributed by atoms with Crippen LogP contribution >= 0.6 is 11.6 Å². The average molecular weight is 635 g/mol. The van der Waals surface area contributed by atoms with E-state index >= 15 is 0 Å². The maximum Gasteiger partial charge on any atom is 0.488 e. The Labute approximate surface area is 241 Å². The quantitative estimate of drug-likeness (QED) is 0.240. The summed E-state index contributed by atoms with van der Waals surface area (Å²) in [6.07, 6.45) is 9.66. The molecule has 10 nitrogen and oxygen atoms in total. The molecule has 4 rings (SSSR count). The van der Waals surface area contributed by atoms with E-state index in [0.29, 0.717) is 10.5 Å². The predicted molar refractivity (Wildman–Crippen MR) is 144 cm³/mol. The number of hydrogen-bond acceptors (Lipinski definition) is 8. The van der Waals surface area contributed by atoms with E-state index in [-0.39, 0.29) is 27.8 Å². The van der Waals surface area contributed by atoms with Gasteiger partial charge < -0.3 is 20.3 Å². The normalized spacial score (nSPS) is 8.13. The summed E-state index contributed by atoms with van der Waals surface area (Å²) in [6, 6.07) is 18.7. The summed E-state index contributed by atoms with van der Waals surface area (Å²) in [5.41, 5.74) is 2.73. The Balaban J connectivity index is -0.000000424. The second kappa shape index (κ2) is 25.1. The standard InChI is InChI=1S/C10H8N2.C6H7BO2.C4H3ClN2.2C2H4O2.CH4.Pd/c1-2-4-9(5-3-1)10-6-11-8-12-7-10;8-7(9)6-4-2-1-3-5-6;5-4-1-6-3-7-2-4;2*1-2(3)4;;/h1-8H;1-5,8-9H;1-3H;2*1H3,(H,3,4);1H4;. The largest absolute Gasteiger partial charge is 0.488 e. The van der Waals surface area contributed by atoms with Crippen LogP contribution in [0.3, 0.4) is 0 Å². The molecule has 0 aliphatic heterocycles. The molecule has 13 heteroatoms. The van der Waals surface area contributed by atoms with Crippen LogP contribution in [-0.4, -0.2) is 59.3 Å². The molecule has 0 saturated carbocycles. The van der Waals surface area contributed by atoms with Crippen molar-refractivity contribution in [3.05, 3.63) is 103 Å².